The van der Waals surface area contributed by atoms with Crippen LogP contribution in [-0.4, -0.2) is 18.0 Å². The number of methoxy groups -OCH3 is 1. The summed E-state index contributed by atoms with van der Waals surface area (Å²) in [6, 6.07) is 6.49. The first-order valence-corrected chi connectivity index (χ1v) is 6.00. The molecule has 0 radical (unpaired) electrons. The quantitative estimate of drug-likeness (QED) is 0.878. The fourth-order valence-corrected chi connectivity index (χ4v) is 2.06. The average molecular weight is 279 g/mol. The molecule has 1 heterocycles. The summed E-state index contributed by atoms with van der Waals surface area (Å²) >= 11 is 5.98. The molecular formula is C14H13ClNO3+. The zero-order valence-electron chi connectivity index (χ0n) is 10.5. The number of pyridine rings is 1. The number of halogens is 1. The number of nitrogens with one attached hydrogen (secondary N) is 1. The number of H-pyrrole nitrogens is 1. The molecule has 0 saturated heterocycles. The molecule has 0 aliphatic heterocycles. The summed E-state index contributed by atoms with van der Waals surface area (Å²) in [6.07, 6.45) is 1.52. The molecule has 0 spiro atoms. The van der Waals surface area contributed by atoms with Gasteiger partial charge in [0.15, 0.2) is 11.5 Å². The summed E-state index contributed by atoms with van der Waals surface area (Å²) in [5.41, 5.74) is 1.75. The van der Waals surface area contributed by atoms with Crippen LogP contribution in [0.1, 0.15) is 17.3 Å². The van der Waals surface area contributed by atoms with Crippen LogP contribution < -0.4 is 9.72 Å². The van der Waals surface area contributed by atoms with E-state index in [0.29, 0.717) is 27.5 Å². The topological polar surface area (TPSA) is 60.7 Å². The molecule has 0 aliphatic rings. The Bertz CT molecular complexity index is 641. The zero-order chi connectivity index (χ0) is 14.0. The third kappa shape index (κ3) is 2.69. The molecule has 0 fully saturated rings. The Hall–Kier alpha value is -2.07. The Kier molecular flexibility index (Phi) is 3.71. The standard InChI is InChI=1S/C14H12ClNO3/c1-8(17)10-4-3-9(15)5-11(10)12-6-14(18)16-7-13(12)19-2/h3-7H,1-2H3,(H,16,18)/p+1. The summed E-state index contributed by atoms with van der Waals surface area (Å²) in [6.45, 7) is 1.48. The Labute approximate surface area is 115 Å². The molecule has 0 amide bonds. The Morgan fingerprint density at radius 3 is 2.68 bits per heavy atom. The zero-order valence-corrected chi connectivity index (χ0v) is 11.3. The van der Waals surface area contributed by atoms with Crippen LogP contribution in [0.4, 0.5) is 0 Å². The van der Waals surface area contributed by atoms with Crippen molar-refractivity contribution in [2.45, 2.75) is 6.92 Å². The van der Waals surface area contributed by atoms with E-state index in [4.69, 9.17) is 16.3 Å². The smallest absolute Gasteiger partial charge is 0.364 e. The van der Waals surface area contributed by atoms with Crippen molar-refractivity contribution < 1.29 is 19.6 Å². The van der Waals surface area contributed by atoms with Crippen LogP contribution in [0.15, 0.2) is 30.5 Å². The summed E-state index contributed by atoms with van der Waals surface area (Å²) in [4.78, 5) is 14.3. The Morgan fingerprint density at radius 1 is 1.32 bits per heavy atom. The lowest BCUT2D eigenvalue weighted by Gasteiger charge is -2.10. The average Bonchev–Trinajstić information content (AvgIpc) is 2.38. The Morgan fingerprint density at radius 2 is 2.05 bits per heavy atom. The second kappa shape index (κ2) is 5.28. The van der Waals surface area contributed by atoms with E-state index in [1.54, 1.807) is 18.2 Å². The van der Waals surface area contributed by atoms with Crippen molar-refractivity contribution in [3.63, 3.8) is 0 Å². The fraction of sp³-hybridized carbons (Fsp3) is 0.143. The molecule has 98 valence electrons. The summed E-state index contributed by atoms with van der Waals surface area (Å²) in [7, 11) is 1.52. The summed E-state index contributed by atoms with van der Waals surface area (Å²) < 4.78 is 5.23. The molecule has 1 aromatic carbocycles. The van der Waals surface area contributed by atoms with Gasteiger partial charge in [0.25, 0.3) is 0 Å². The summed E-state index contributed by atoms with van der Waals surface area (Å²) in [5.74, 6) is 0.411. The highest BCUT2D eigenvalue weighted by molar-refractivity contribution is 6.31. The maximum Gasteiger partial charge on any atom is 0.364 e. The van der Waals surface area contributed by atoms with Crippen LogP contribution in [0.2, 0.25) is 5.02 Å². The number of carbonyl (C=O) groups is 1. The first-order valence-electron chi connectivity index (χ1n) is 5.62. The third-order valence-electron chi connectivity index (χ3n) is 2.77. The van der Waals surface area contributed by atoms with E-state index in [1.165, 1.54) is 26.3 Å². The second-order valence-corrected chi connectivity index (χ2v) is 4.48. The monoisotopic (exact) mass is 278 g/mol. The highest BCUT2D eigenvalue weighted by Crippen LogP contribution is 2.34. The largest absolute Gasteiger partial charge is 0.490 e. The maximum absolute atomic E-state index is 11.7. The van der Waals surface area contributed by atoms with Crippen LogP contribution in [0.5, 0.6) is 11.6 Å². The molecular weight excluding hydrogens is 266 g/mol. The van der Waals surface area contributed by atoms with E-state index in [2.05, 4.69) is 4.98 Å². The predicted octanol–water partition coefficient (Wildman–Crippen LogP) is 2.74. The van der Waals surface area contributed by atoms with Gasteiger partial charge in [-0.25, -0.2) is 0 Å². The molecule has 5 heteroatoms. The van der Waals surface area contributed by atoms with Gasteiger partial charge in [0.2, 0.25) is 6.20 Å². The fourth-order valence-electron chi connectivity index (χ4n) is 1.89. The molecule has 2 rings (SSSR count). The van der Waals surface area contributed by atoms with Crippen molar-refractivity contribution in [3.8, 4) is 22.8 Å². The SMILES string of the molecule is COc1c[nH+]c(O)cc1-c1cc(Cl)ccc1C(C)=O. The minimum Gasteiger partial charge on any atom is -0.490 e. The predicted molar refractivity (Wildman–Crippen MR) is 71.7 cm³/mol. The van der Waals surface area contributed by atoms with Gasteiger partial charge in [-0.05, 0) is 30.7 Å². The number of hydrogen-bond donors (Lipinski definition) is 1. The molecule has 1 aromatic heterocycles. The van der Waals surface area contributed by atoms with Gasteiger partial charge in [0, 0.05) is 16.1 Å². The first-order chi connectivity index (χ1) is 9.02. The molecule has 0 saturated carbocycles. The van der Waals surface area contributed by atoms with Crippen LogP contribution in [0.25, 0.3) is 11.1 Å². The number of carbonyl (C=O) groups excluding carboxylic acids is 1. The van der Waals surface area contributed by atoms with Gasteiger partial charge in [0.1, 0.15) is 0 Å². The molecule has 0 atom stereocenters. The van der Waals surface area contributed by atoms with E-state index in [1.807, 2.05) is 0 Å². The van der Waals surface area contributed by atoms with Gasteiger partial charge in [-0.3, -0.25) is 4.79 Å². The van der Waals surface area contributed by atoms with Crippen LogP contribution >= 0.6 is 11.6 Å². The number of aromatic nitrogens is 1. The van der Waals surface area contributed by atoms with E-state index in [-0.39, 0.29) is 11.7 Å². The van der Waals surface area contributed by atoms with Crippen LogP contribution in [0, 0.1) is 0 Å². The number of aromatic amines is 1. The van der Waals surface area contributed by atoms with Crippen molar-refractivity contribution in [1.29, 1.82) is 0 Å². The van der Waals surface area contributed by atoms with Crippen LogP contribution in [0.3, 0.4) is 0 Å². The van der Waals surface area contributed by atoms with E-state index in [9.17, 15) is 9.90 Å². The van der Waals surface area contributed by atoms with Gasteiger partial charge in [-0.2, -0.15) is 4.98 Å². The lowest BCUT2D eigenvalue weighted by atomic mass is 9.97. The molecule has 2 aromatic rings. The second-order valence-electron chi connectivity index (χ2n) is 4.05. The minimum absolute atomic E-state index is 0.0229. The number of ether oxygens (including phenoxy) is 1. The number of aromatic hydroxyl groups is 1. The summed E-state index contributed by atoms with van der Waals surface area (Å²) in [5, 5.41) is 10.1. The Balaban J connectivity index is 2.73. The highest BCUT2D eigenvalue weighted by atomic mass is 35.5. The number of ketones is 1. The number of hydrogen-bond acceptors (Lipinski definition) is 3. The van der Waals surface area contributed by atoms with E-state index in [0.717, 1.165) is 0 Å². The van der Waals surface area contributed by atoms with Gasteiger partial charge in [-0.1, -0.05) is 11.6 Å². The molecule has 0 bridgehead atoms. The van der Waals surface area contributed by atoms with Gasteiger partial charge < -0.3 is 9.84 Å². The molecule has 0 aliphatic carbocycles. The van der Waals surface area contributed by atoms with Gasteiger partial charge in [-0.15, -0.1) is 0 Å². The number of rotatable bonds is 3. The van der Waals surface area contributed by atoms with Crippen LogP contribution in [-0.2, 0) is 0 Å². The lowest BCUT2D eigenvalue weighted by molar-refractivity contribution is -0.395. The normalized spacial score (nSPS) is 10.3. The van der Waals surface area contributed by atoms with E-state index >= 15 is 0 Å². The third-order valence-corrected chi connectivity index (χ3v) is 3.00. The minimum atomic E-state index is -0.0824. The molecule has 2 N–H and O–H groups in total. The lowest BCUT2D eigenvalue weighted by Crippen LogP contribution is -2.05. The number of Topliss-reactive ketones (excluding diaryl/α,β-unsaturated/α-hetero) is 1. The highest BCUT2D eigenvalue weighted by Gasteiger charge is 2.17. The number of benzene rings is 1. The molecule has 0 unspecified atom stereocenters. The first kappa shape index (κ1) is 13.4. The van der Waals surface area contributed by atoms with Crippen molar-refractivity contribution >= 4 is 17.4 Å². The van der Waals surface area contributed by atoms with E-state index < -0.39 is 0 Å². The maximum atomic E-state index is 11.7. The molecule has 4 nitrogen and oxygen atoms in total. The van der Waals surface area contributed by atoms with Crippen molar-refractivity contribution in [3.05, 3.63) is 41.0 Å². The van der Waals surface area contributed by atoms with Crippen molar-refractivity contribution in [2.24, 2.45) is 0 Å². The molecule has 19 heavy (non-hydrogen) atoms. The van der Waals surface area contributed by atoms with Crippen molar-refractivity contribution in [2.75, 3.05) is 7.11 Å². The van der Waals surface area contributed by atoms with Gasteiger partial charge >= 0.3 is 5.88 Å². The van der Waals surface area contributed by atoms with Gasteiger partial charge in [0.05, 0.1) is 13.2 Å². The van der Waals surface area contributed by atoms with Crippen molar-refractivity contribution in [1.82, 2.24) is 0 Å².